The Kier molecular flexibility index (Phi) is 4.85. The lowest BCUT2D eigenvalue weighted by Gasteiger charge is -2.17. The van der Waals surface area contributed by atoms with Crippen LogP contribution in [0.1, 0.15) is 25.7 Å². The van der Waals surface area contributed by atoms with Crippen LogP contribution in [0.3, 0.4) is 0 Å². The molecular weight excluding hydrogens is 308 g/mol. The molecule has 7 heteroatoms. The predicted molar refractivity (Wildman–Crippen MR) is 85.0 cm³/mol. The molecule has 114 valence electrons. The van der Waals surface area contributed by atoms with Crippen molar-refractivity contribution >= 4 is 35.1 Å². The molecule has 3 rings (SSSR count). The van der Waals surface area contributed by atoms with Crippen LogP contribution in [-0.2, 0) is 4.79 Å². The van der Waals surface area contributed by atoms with E-state index in [0.717, 1.165) is 44.8 Å². The van der Waals surface area contributed by atoms with Crippen LogP contribution in [0.15, 0.2) is 11.2 Å². The van der Waals surface area contributed by atoms with Crippen LogP contribution in [0, 0.1) is 0 Å². The minimum Gasteiger partial charge on any atom is -0.356 e. The highest BCUT2D eigenvalue weighted by Crippen LogP contribution is 2.24. The van der Waals surface area contributed by atoms with Gasteiger partial charge >= 0.3 is 0 Å². The Bertz CT molecular complexity index is 516. The summed E-state index contributed by atoms with van der Waals surface area (Å²) in [5, 5.41) is 1.04. The van der Waals surface area contributed by atoms with Crippen molar-refractivity contribution < 1.29 is 4.79 Å². The molecule has 2 aliphatic rings. The molecule has 0 atom stereocenters. The molecule has 2 aliphatic heterocycles. The van der Waals surface area contributed by atoms with Gasteiger partial charge in [-0.15, -0.1) is 0 Å². The molecular formula is C14H19ClN4OS. The second-order valence-electron chi connectivity index (χ2n) is 5.40. The Balaban J connectivity index is 1.63. The van der Waals surface area contributed by atoms with Gasteiger partial charge in [-0.3, -0.25) is 4.79 Å². The quantitative estimate of drug-likeness (QED) is 0.483. The van der Waals surface area contributed by atoms with E-state index < -0.39 is 0 Å². The number of anilines is 1. The minimum atomic E-state index is 0.170. The van der Waals surface area contributed by atoms with E-state index in [1.807, 2.05) is 4.90 Å². The van der Waals surface area contributed by atoms with Gasteiger partial charge in [0.25, 0.3) is 0 Å². The van der Waals surface area contributed by atoms with Gasteiger partial charge in [0.1, 0.15) is 11.0 Å². The molecule has 0 unspecified atom stereocenters. The number of halogens is 1. The smallest absolute Gasteiger partial charge is 0.233 e. The first kappa shape index (κ1) is 14.9. The van der Waals surface area contributed by atoms with Gasteiger partial charge in [0.2, 0.25) is 5.91 Å². The summed E-state index contributed by atoms with van der Waals surface area (Å²) in [6.07, 6.45) is 4.61. The molecule has 3 heterocycles. The van der Waals surface area contributed by atoms with E-state index in [-0.39, 0.29) is 5.91 Å². The van der Waals surface area contributed by atoms with Crippen molar-refractivity contribution in [3.8, 4) is 0 Å². The topological polar surface area (TPSA) is 49.3 Å². The zero-order valence-electron chi connectivity index (χ0n) is 11.9. The summed E-state index contributed by atoms with van der Waals surface area (Å²) in [5.41, 5.74) is 0. The van der Waals surface area contributed by atoms with E-state index in [1.165, 1.54) is 24.6 Å². The van der Waals surface area contributed by atoms with Gasteiger partial charge in [-0.1, -0.05) is 23.4 Å². The Morgan fingerprint density at radius 1 is 1.14 bits per heavy atom. The SMILES string of the molecule is O=C(CSc1nc(Cl)cc(N2CCCC2)n1)N1CCCC1. The maximum atomic E-state index is 12.1. The monoisotopic (exact) mass is 326 g/mol. The van der Waals surface area contributed by atoms with Crippen molar-refractivity contribution in [2.75, 3.05) is 36.8 Å². The summed E-state index contributed by atoms with van der Waals surface area (Å²) in [4.78, 5) is 24.9. The molecule has 0 spiro atoms. The third kappa shape index (κ3) is 3.80. The van der Waals surface area contributed by atoms with Gasteiger partial charge in [-0.05, 0) is 25.7 Å². The van der Waals surface area contributed by atoms with Gasteiger partial charge in [0.05, 0.1) is 5.75 Å². The van der Waals surface area contributed by atoms with E-state index in [0.29, 0.717) is 16.1 Å². The van der Waals surface area contributed by atoms with Crippen molar-refractivity contribution in [3.05, 3.63) is 11.2 Å². The molecule has 2 saturated heterocycles. The Morgan fingerprint density at radius 2 is 1.81 bits per heavy atom. The molecule has 1 aromatic heterocycles. The summed E-state index contributed by atoms with van der Waals surface area (Å²) in [6.45, 7) is 3.80. The number of amides is 1. The number of carbonyl (C=O) groups is 1. The second-order valence-corrected chi connectivity index (χ2v) is 6.73. The summed E-state index contributed by atoms with van der Waals surface area (Å²) in [5.74, 6) is 1.44. The molecule has 0 saturated carbocycles. The van der Waals surface area contributed by atoms with E-state index in [2.05, 4.69) is 14.9 Å². The lowest BCUT2D eigenvalue weighted by Crippen LogP contribution is -2.29. The number of rotatable bonds is 4. The van der Waals surface area contributed by atoms with Gasteiger partial charge in [0.15, 0.2) is 5.16 Å². The zero-order valence-corrected chi connectivity index (χ0v) is 13.5. The highest BCUT2D eigenvalue weighted by molar-refractivity contribution is 7.99. The number of likely N-dealkylation sites (tertiary alicyclic amines) is 1. The normalized spacial score (nSPS) is 18.5. The highest BCUT2D eigenvalue weighted by atomic mass is 35.5. The standard InChI is InChI=1S/C14H19ClN4OS/c15-11-9-12(18-5-1-2-6-18)17-14(16-11)21-10-13(20)19-7-3-4-8-19/h9H,1-8,10H2. The fourth-order valence-corrected chi connectivity index (χ4v) is 3.73. The molecule has 0 bridgehead atoms. The van der Waals surface area contributed by atoms with Crippen LogP contribution in [-0.4, -0.2) is 52.7 Å². The van der Waals surface area contributed by atoms with Crippen LogP contribution in [0.25, 0.3) is 0 Å². The molecule has 0 radical (unpaired) electrons. The van der Waals surface area contributed by atoms with Crippen LogP contribution in [0.5, 0.6) is 0 Å². The minimum absolute atomic E-state index is 0.170. The average molecular weight is 327 g/mol. The number of carbonyl (C=O) groups excluding carboxylic acids is 1. The van der Waals surface area contributed by atoms with Crippen molar-refractivity contribution in [1.29, 1.82) is 0 Å². The maximum absolute atomic E-state index is 12.1. The van der Waals surface area contributed by atoms with E-state index in [1.54, 1.807) is 6.07 Å². The first-order valence-corrected chi connectivity index (χ1v) is 8.79. The summed E-state index contributed by atoms with van der Waals surface area (Å²) in [6, 6.07) is 1.80. The lowest BCUT2D eigenvalue weighted by atomic mass is 10.4. The third-order valence-corrected chi connectivity index (χ3v) is 4.90. The third-order valence-electron chi connectivity index (χ3n) is 3.87. The fourth-order valence-electron chi connectivity index (χ4n) is 2.74. The van der Waals surface area contributed by atoms with E-state index in [9.17, 15) is 4.79 Å². The van der Waals surface area contributed by atoms with Crippen molar-refractivity contribution in [2.45, 2.75) is 30.8 Å². The zero-order chi connectivity index (χ0) is 14.7. The number of hydrogen-bond donors (Lipinski definition) is 0. The molecule has 5 nitrogen and oxygen atoms in total. The molecule has 1 aromatic rings. The number of thioether (sulfide) groups is 1. The van der Waals surface area contributed by atoms with Gasteiger partial charge in [0, 0.05) is 32.2 Å². The maximum Gasteiger partial charge on any atom is 0.233 e. The van der Waals surface area contributed by atoms with Gasteiger partial charge in [-0.2, -0.15) is 0 Å². The van der Waals surface area contributed by atoms with Crippen molar-refractivity contribution in [2.24, 2.45) is 0 Å². The molecule has 0 aromatic carbocycles. The van der Waals surface area contributed by atoms with Gasteiger partial charge < -0.3 is 9.80 Å². The molecule has 1 amide bonds. The second kappa shape index (κ2) is 6.83. The highest BCUT2D eigenvalue weighted by Gasteiger charge is 2.19. The van der Waals surface area contributed by atoms with Crippen LogP contribution < -0.4 is 4.90 Å². The molecule has 0 aliphatic carbocycles. The van der Waals surface area contributed by atoms with Crippen molar-refractivity contribution in [1.82, 2.24) is 14.9 Å². The number of aromatic nitrogens is 2. The Morgan fingerprint density at radius 3 is 2.52 bits per heavy atom. The van der Waals surface area contributed by atoms with E-state index in [4.69, 9.17) is 11.6 Å². The van der Waals surface area contributed by atoms with Crippen LogP contribution in [0.4, 0.5) is 5.82 Å². The van der Waals surface area contributed by atoms with Gasteiger partial charge in [-0.25, -0.2) is 9.97 Å². The molecule has 21 heavy (non-hydrogen) atoms. The predicted octanol–water partition coefficient (Wildman–Crippen LogP) is 2.44. The summed E-state index contributed by atoms with van der Waals surface area (Å²) < 4.78 is 0. The average Bonchev–Trinajstić information content (AvgIpc) is 3.16. The van der Waals surface area contributed by atoms with Crippen LogP contribution >= 0.6 is 23.4 Å². The Labute approximate surface area is 134 Å². The lowest BCUT2D eigenvalue weighted by molar-refractivity contribution is -0.127. The van der Waals surface area contributed by atoms with E-state index >= 15 is 0 Å². The Hall–Kier alpha value is -1.01. The van der Waals surface area contributed by atoms with Crippen molar-refractivity contribution in [3.63, 3.8) is 0 Å². The fraction of sp³-hybridized carbons (Fsp3) is 0.643. The number of hydrogen-bond acceptors (Lipinski definition) is 5. The summed E-state index contributed by atoms with van der Waals surface area (Å²) in [7, 11) is 0. The first-order chi connectivity index (χ1) is 10.2. The molecule has 2 fully saturated rings. The largest absolute Gasteiger partial charge is 0.356 e. The summed E-state index contributed by atoms with van der Waals surface area (Å²) >= 11 is 7.46. The first-order valence-electron chi connectivity index (χ1n) is 7.42. The number of nitrogens with zero attached hydrogens (tertiary/aromatic N) is 4. The van der Waals surface area contributed by atoms with Crippen LogP contribution in [0.2, 0.25) is 5.15 Å². The molecule has 0 N–H and O–H groups in total.